The molecule has 0 fully saturated rings. The van der Waals surface area contributed by atoms with Crippen LogP contribution >= 0.6 is 0 Å². The van der Waals surface area contributed by atoms with Crippen molar-refractivity contribution < 1.29 is 9.53 Å². The maximum atomic E-state index is 10.8. The van der Waals surface area contributed by atoms with Crippen LogP contribution in [0.3, 0.4) is 0 Å². The molecule has 0 aliphatic carbocycles. The highest BCUT2D eigenvalue weighted by molar-refractivity contribution is 5.82. The predicted octanol–water partition coefficient (Wildman–Crippen LogP) is 2.40. The van der Waals surface area contributed by atoms with E-state index >= 15 is 0 Å². The Labute approximate surface area is 78.9 Å². The van der Waals surface area contributed by atoms with Gasteiger partial charge in [-0.1, -0.05) is 43.0 Å². The molecule has 0 aliphatic rings. The molecular formula is C11H14O2. The monoisotopic (exact) mass is 178 g/mol. The fourth-order valence-corrected chi connectivity index (χ4v) is 0.596. The average Bonchev–Trinajstić information content (AvgIpc) is 2.11. The van der Waals surface area contributed by atoms with Gasteiger partial charge in [0.05, 0.1) is 6.61 Å². The van der Waals surface area contributed by atoms with Gasteiger partial charge in [-0.15, -0.1) is 0 Å². The molecule has 0 heterocycles. The van der Waals surface area contributed by atoms with Crippen molar-refractivity contribution in [2.75, 3.05) is 6.61 Å². The minimum atomic E-state index is -0.320. The summed E-state index contributed by atoms with van der Waals surface area (Å²) in [4.78, 5) is 10.8. The van der Waals surface area contributed by atoms with Crippen LogP contribution in [0.2, 0.25) is 0 Å². The van der Waals surface area contributed by atoms with Crippen LogP contribution in [0.15, 0.2) is 49.1 Å². The Balaban J connectivity index is 3.73. The number of carbonyl (C=O) groups is 1. The van der Waals surface area contributed by atoms with Gasteiger partial charge < -0.3 is 4.74 Å². The molecular weight excluding hydrogens is 164 g/mol. The van der Waals surface area contributed by atoms with E-state index < -0.39 is 0 Å². The molecule has 70 valence electrons. The van der Waals surface area contributed by atoms with Crippen LogP contribution in [0.25, 0.3) is 0 Å². The molecule has 0 amide bonds. The zero-order chi connectivity index (χ0) is 9.94. The molecule has 0 unspecified atom stereocenters. The molecule has 0 bridgehead atoms. The average molecular weight is 178 g/mol. The number of ether oxygens (including phenoxy) is 1. The van der Waals surface area contributed by atoms with Crippen molar-refractivity contribution in [2.24, 2.45) is 0 Å². The van der Waals surface area contributed by atoms with Crippen molar-refractivity contribution >= 4 is 5.97 Å². The van der Waals surface area contributed by atoms with Gasteiger partial charge >= 0.3 is 5.97 Å². The molecule has 0 saturated carbocycles. The van der Waals surface area contributed by atoms with Gasteiger partial charge in [0, 0.05) is 6.08 Å². The summed E-state index contributed by atoms with van der Waals surface area (Å²) in [6.45, 7) is 5.70. The highest BCUT2D eigenvalue weighted by Gasteiger charge is 1.89. The predicted molar refractivity (Wildman–Crippen MR) is 54.3 cm³/mol. The van der Waals surface area contributed by atoms with Gasteiger partial charge in [-0.2, -0.15) is 0 Å². The molecule has 0 aromatic heterocycles. The lowest BCUT2D eigenvalue weighted by Crippen LogP contribution is -1.98. The maximum absolute atomic E-state index is 10.8. The SMILES string of the molecule is C=CC=CC=CC=CC(=O)OCC. The number of esters is 1. The van der Waals surface area contributed by atoms with E-state index in [0.717, 1.165) is 0 Å². The Morgan fingerprint density at radius 1 is 1.23 bits per heavy atom. The van der Waals surface area contributed by atoms with E-state index in [-0.39, 0.29) is 5.97 Å². The molecule has 0 spiro atoms. The number of hydrogen-bond donors (Lipinski definition) is 0. The second-order valence-corrected chi connectivity index (χ2v) is 2.12. The Kier molecular flexibility index (Phi) is 7.50. The normalized spacial score (nSPS) is 11.5. The van der Waals surface area contributed by atoms with Crippen molar-refractivity contribution in [2.45, 2.75) is 6.92 Å². The molecule has 0 radical (unpaired) electrons. The first-order chi connectivity index (χ1) is 6.31. The smallest absolute Gasteiger partial charge is 0.330 e. The Morgan fingerprint density at radius 2 is 1.85 bits per heavy atom. The zero-order valence-corrected chi connectivity index (χ0v) is 7.77. The summed E-state index contributed by atoms with van der Waals surface area (Å²) in [7, 11) is 0. The second-order valence-electron chi connectivity index (χ2n) is 2.12. The third-order valence-electron chi connectivity index (χ3n) is 1.10. The molecule has 13 heavy (non-hydrogen) atoms. The van der Waals surface area contributed by atoms with Crippen LogP contribution in [0.4, 0.5) is 0 Å². The number of hydrogen-bond acceptors (Lipinski definition) is 2. The summed E-state index contributed by atoms with van der Waals surface area (Å²) in [5.41, 5.74) is 0. The molecule has 2 heteroatoms. The van der Waals surface area contributed by atoms with Gasteiger partial charge in [-0.3, -0.25) is 0 Å². The fraction of sp³-hybridized carbons (Fsp3) is 0.182. The lowest BCUT2D eigenvalue weighted by atomic mass is 10.4. The van der Waals surface area contributed by atoms with Gasteiger partial charge in [-0.05, 0) is 6.92 Å². The van der Waals surface area contributed by atoms with Crippen LogP contribution in [-0.2, 0) is 9.53 Å². The Hall–Kier alpha value is -1.57. The van der Waals surface area contributed by atoms with Gasteiger partial charge in [0.2, 0.25) is 0 Å². The minimum absolute atomic E-state index is 0.320. The van der Waals surface area contributed by atoms with Crippen molar-refractivity contribution in [1.29, 1.82) is 0 Å². The van der Waals surface area contributed by atoms with Gasteiger partial charge in [0.25, 0.3) is 0 Å². The van der Waals surface area contributed by atoms with E-state index in [2.05, 4.69) is 11.3 Å². The third kappa shape index (κ3) is 8.34. The standard InChI is InChI=1S/C11H14O2/c1-3-5-6-7-8-9-10-11(12)13-4-2/h3,5-10H,1,4H2,2H3. The second kappa shape index (κ2) is 8.53. The summed E-state index contributed by atoms with van der Waals surface area (Å²) < 4.78 is 4.68. The van der Waals surface area contributed by atoms with Crippen molar-refractivity contribution in [1.82, 2.24) is 0 Å². The first-order valence-corrected chi connectivity index (χ1v) is 4.10. The van der Waals surface area contributed by atoms with E-state index in [1.807, 2.05) is 6.08 Å². The summed E-state index contributed by atoms with van der Waals surface area (Å²) >= 11 is 0. The molecule has 0 rings (SSSR count). The van der Waals surface area contributed by atoms with Gasteiger partial charge in [0.15, 0.2) is 0 Å². The highest BCUT2D eigenvalue weighted by Crippen LogP contribution is 1.84. The first kappa shape index (κ1) is 11.4. The van der Waals surface area contributed by atoms with E-state index in [0.29, 0.717) is 6.61 Å². The van der Waals surface area contributed by atoms with Crippen molar-refractivity contribution in [3.8, 4) is 0 Å². The van der Waals surface area contributed by atoms with E-state index in [1.165, 1.54) is 6.08 Å². The van der Waals surface area contributed by atoms with Crippen molar-refractivity contribution in [3.63, 3.8) is 0 Å². The Morgan fingerprint density at radius 3 is 2.46 bits per heavy atom. The van der Waals surface area contributed by atoms with Crippen LogP contribution in [-0.4, -0.2) is 12.6 Å². The third-order valence-corrected chi connectivity index (χ3v) is 1.10. The van der Waals surface area contributed by atoms with Crippen molar-refractivity contribution in [3.05, 3.63) is 49.1 Å². The van der Waals surface area contributed by atoms with Crippen LogP contribution in [0, 0.1) is 0 Å². The zero-order valence-electron chi connectivity index (χ0n) is 7.77. The van der Waals surface area contributed by atoms with Crippen LogP contribution < -0.4 is 0 Å². The van der Waals surface area contributed by atoms with E-state index in [4.69, 9.17) is 0 Å². The van der Waals surface area contributed by atoms with Crippen LogP contribution in [0.5, 0.6) is 0 Å². The molecule has 0 aromatic rings. The van der Waals surface area contributed by atoms with Crippen LogP contribution in [0.1, 0.15) is 6.92 Å². The maximum Gasteiger partial charge on any atom is 0.330 e. The molecule has 0 aliphatic heterocycles. The summed E-state index contributed by atoms with van der Waals surface area (Å²) in [6.07, 6.45) is 11.9. The Bertz CT molecular complexity index is 234. The van der Waals surface area contributed by atoms with Gasteiger partial charge in [0.1, 0.15) is 0 Å². The lowest BCUT2D eigenvalue weighted by Gasteiger charge is -1.92. The molecule has 0 atom stereocenters. The van der Waals surface area contributed by atoms with E-state index in [9.17, 15) is 4.79 Å². The largest absolute Gasteiger partial charge is 0.463 e. The molecule has 0 aromatic carbocycles. The quantitative estimate of drug-likeness (QED) is 0.367. The summed E-state index contributed by atoms with van der Waals surface area (Å²) in [6, 6.07) is 0. The molecule has 2 nitrogen and oxygen atoms in total. The number of rotatable bonds is 5. The number of carbonyl (C=O) groups excluding carboxylic acids is 1. The lowest BCUT2D eigenvalue weighted by molar-refractivity contribution is -0.137. The van der Waals surface area contributed by atoms with E-state index in [1.54, 1.807) is 37.3 Å². The molecule has 0 saturated heterocycles. The summed E-state index contributed by atoms with van der Waals surface area (Å²) in [5, 5.41) is 0. The topological polar surface area (TPSA) is 26.3 Å². The minimum Gasteiger partial charge on any atom is -0.463 e. The highest BCUT2D eigenvalue weighted by atomic mass is 16.5. The fourth-order valence-electron chi connectivity index (χ4n) is 0.596. The first-order valence-electron chi connectivity index (χ1n) is 4.10. The molecule has 0 N–H and O–H groups in total. The summed E-state index contributed by atoms with van der Waals surface area (Å²) in [5.74, 6) is -0.320. The number of allylic oxidation sites excluding steroid dienone is 6. The van der Waals surface area contributed by atoms with Gasteiger partial charge in [-0.25, -0.2) is 4.79 Å².